The topological polar surface area (TPSA) is 85.1 Å². The van der Waals surface area contributed by atoms with Crippen LogP contribution < -0.4 is 5.32 Å². The lowest BCUT2D eigenvalue weighted by Crippen LogP contribution is -2.25. The molecule has 4 rings (SSSR count). The number of thiazole rings is 1. The largest absolute Gasteiger partial charge is 0.345 e. The van der Waals surface area contributed by atoms with E-state index in [0.717, 1.165) is 22.0 Å². The molecule has 136 valence electrons. The third-order valence-electron chi connectivity index (χ3n) is 4.11. The molecule has 3 heterocycles. The summed E-state index contributed by atoms with van der Waals surface area (Å²) in [6.45, 7) is 4.43. The van der Waals surface area contributed by atoms with Gasteiger partial charge < -0.3 is 5.32 Å². The number of hydrogen-bond donors (Lipinski definition) is 1. The molecule has 0 saturated carbocycles. The van der Waals surface area contributed by atoms with Gasteiger partial charge in [-0.25, -0.2) is 14.5 Å². The number of nitrogens with one attached hydrogen (secondary N) is 1. The summed E-state index contributed by atoms with van der Waals surface area (Å²) in [6, 6.07) is 11.7. The minimum atomic E-state index is -0.253. The van der Waals surface area contributed by atoms with Gasteiger partial charge in [0.15, 0.2) is 0 Å². The molecule has 0 radical (unpaired) electrons. The first-order valence-corrected chi connectivity index (χ1v) is 9.48. The van der Waals surface area contributed by atoms with E-state index in [0.29, 0.717) is 18.0 Å². The predicted octanol–water partition coefficient (Wildman–Crippen LogP) is 3.30. The maximum absolute atomic E-state index is 12.6. The number of carbonyl (C=O) groups is 1. The van der Waals surface area contributed by atoms with Gasteiger partial charge in [0, 0.05) is 10.9 Å². The Morgan fingerprint density at radius 1 is 1.22 bits per heavy atom. The standard InChI is InChI=1S/C19H18N6OS/c1-12(2)16-8-15(24-19-21-11-22-25(16)19)17(26)20-9-14-10-27-18(23-14)13-6-4-3-5-7-13/h3-8,10-12H,9H2,1-2H3,(H,20,26). The Kier molecular flexibility index (Phi) is 4.64. The molecule has 1 N–H and O–H groups in total. The Hall–Kier alpha value is -3.13. The summed E-state index contributed by atoms with van der Waals surface area (Å²) in [5.41, 5.74) is 3.11. The minimum absolute atomic E-state index is 0.190. The zero-order valence-corrected chi connectivity index (χ0v) is 15.8. The molecule has 1 amide bonds. The van der Waals surface area contributed by atoms with Crippen LogP contribution in [0.15, 0.2) is 48.1 Å². The number of aromatic nitrogens is 5. The molecule has 0 aliphatic carbocycles. The molecular weight excluding hydrogens is 360 g/mol. The first-order valence-electron chi connectivity index (χ1n) is 8.60. The van der Waals surface area contributed by atoms with Gasteiger partial charge in [-0.1, -0.05) is 44.2 Å². The summed E-state index contributed by atoms with van der Waals surface area (Å²) in [6.07, 6.45) is 1.44. The van der Waals surface area contributed by atoms with Crippen LogP contribution in [0.4, 0.5) is 0 Å². The van der Waals surface area contributed by atoms with Crippen LogP contribution in [0.2, 0.25) is 0 Å². The second kappa shape index (κ2) is 7.24. The molecule has 27 heavy (non-hydrogen) atoms. The average molecular weight is 378 g/mol. The molecule has 0 aliphatic heterocycles. The second-order valence-corrected chi connectivity index (χ2v) is 7.24. The molecule has 7 nitrogen and oxygen atoms in total. The van der Waals surface area contributed by atoms with Crippen LogP contribution >= 0.6 is 11.3 Å². The zero-order valence-electron chi connectivity index (χ0n) is 15.0. The lowest BCUT2D eigenvalue weighted by Gasteiger charge is -2.09. The highest BCUT2D eigenvalue weighted by molar-refractivity contribution is 7.13. The van der Waals surface area contributed by atoms with Crippen molar-refractivity contribution >= 4 is 23.0 Å². The van der Waals surface area contributed by atoms with Crippen LogP contribution in [0.5, 0.6) is 0 Å². The molecule has 0 atom stereocenters. The highest BCUT2D eigenvalue weighted by atomic mass is 32.1. The van der Waals surface area contributed by atoms with E-state index in [1.54, 1.807) is 21.9 Å². The zero-order chi connectivity index (χ0) is 18.8. The molecule has 0 fully saturated rings. The molecule has 0 bridgehead atoms. The van der Waals surface area contributed by atoms with Crippen molar-refractivity contribution in [1.82, 2.24) is 29.9 Å². The van der Waals surface area contributed by atoms with E-state index in [1.165, 1.54) is 6.33 Å². The minimum Gasteiger partial charge on any atom is -0.345 e. The van der Waals surface area contributed by atoms with Gasteiger partial charge in [0.05, 0.1) is 17.9 Å². The third kappa shape index (κ3) is 3.56. The Bertz CT molecular complexity index is 1090. The molecule has 3 aromatic heterocycles. The van der Waals surface area contributed by atoms with Crippen LogP contribution in [0.1, 0.15) is 41.6 Å². The maximum Gasteiger partial charge on any atom is 0.270 e. The molecule has 0 saturated heterocycles. The van der Waals surface area contributed by atoms with Gasteiger partial charge in [0.2, 0.25) is 0 Å². The molecule has 0 unspecified atom stereocenters. The summed E-state index contributed by atoms with van der Waals surface area (Å²) in [5, 5.41) is 9.95. The van der Waals surface area contributed by atoms with Gasteiger partial charge in [0.1, 0.15) is 17.0 Å². The van der Waals surface area contributed by atoms with Crippen molar-refractivity contribution in [1.29, 1.82) is 0 Å². The van der Waals surface area contributed by atoms with Crippen LogP contribution in [0.25, 0.3) is 16.3 Å². The summed E-state index contributed by atoms with van der Waals surface area (Å²) in [5.74, 6) is 0.360. The molecule has 4 aromatic rings. The Morgan fingerprint density at radius 3 is 2.81 bits per heavy atom. The van der Waals surface area contributed by atoms with Crippen molar-refractivity contribution in [3.05, 3.63) is 65.2 Å². The first kappa shape index (κ1) is 17.3. The smallest absolute Gasteiger partial charge is 0.270 e. The summed E-state index contributed by atoms with van der Waals surface area (Å²) < 4.78 is 1.66. The summed E-state index contributed by atoms with van der Waals surface area (Å²) in [4.78, 5) is 25.6. The van der Waals surface area contributed by atoms with Gasteiger partial charge in [-0.2, -0.15) is 10.1 Å². The Balaban J connectivity index is 1.50. The fraction of sp³-hybridized carbons (Fsp3) is 0.211. The van der Waals surface area contributed by atoms with E-state index in [9.17, 15) is 4.79 Å². The van der Waals surface area contributed by atoms with Crippen LogP contribution in [-0.2, 0) is 6.54 Å². The van der Waals surface area contributed by atoms with Gasteiger partial charge in [-0.3, -0.25) is 4.79 Å². The SMILES string of the molecule is CC(C)c1cc(C(=O)NCc2csc(-c3ccccc3)n2)nc2ncnn12. The van der Waals surface area contributed by atoms with Crippen molar-refractivity contribution in [3.8, 4) is 10.6 Å². The van der Waals surface area contributed by atoms with Crippen LogP contribution in [-0.4, -0.2) is 30.5 Å². The highest BCUT2D eigenvalue weighted by Crippen LogP contribution is 2.23. The van der Waals surface area contributed by atoms with E-state index >= 15 is 0 Å². The number of nitrogens with zero attached hydrogens (tertiary/aromatic N) is 5. The molecule has 0 aliphatic rings. The van der Waals surface area contributed by atoms with Gasteiger partial charge in [0.25, 0.3) is 11.7 Å². The van der Waals surface area contributed by atoms with Crippen molar-refractivity contribution in [2.45, 2.75) is 26.3 Å². The summed E-state index contributed by atoms with van der Waals surface area (Å²) >= 11 is 1.56. The molecule has 8 heteroatoms. The fourth-order valence-electron chi connectivity index (χ4n) is 2.73. The maximum atomic E-state index is 12.6. The van der Waals surface area contributed by atoms with E-state index in [4.69, 9.17) is 0 Å². The normalized spacial score (nSPS) is 11.2. The predicted molar refractivity (Wildman–Crippen MR) is 104 cm³/mol. The lowest BCUT2D eigenvalue weighted by atomic mass is 10.1. The lowest BCUT2D eigenvalue weighted by molar-refractivity contribution is 0.0945. The van der Waals surface area contributed by atoms with Crippen molar-refractivity contribution in [2.75, 3.05) is 0 Å². The van der Waals surface area contributed by atoms with Gasteiger partial charge in [-0.05, 0) is 12.0 Å². The molecule has 0 spiro atoms. The van der Waals surface area contributed by atoms with Gasteiger partial charge >= 0.3 is 0 Å². The quantitative estimate of drug-likeness (QED) is 0.576. The second-order valence-electron chi connectivity index (χ2n) is 6.39. The highest BCUT2D eigenvalue weighted by Gasteiger charge is 2.15. The summed E-state index contributed by atoms with van der Waals surface area (Å²) in [7, 11) is 0. The van der Waals surface area contributed by atoms with E-state index < -0.39 is 0 Å². The monoisotopic (exact) mass is 378 g/mol. The molecular formula is C19H18N6OS. The third-order valence-corrected chi connectivity index (χ3v) is 5.05. The van der Waals surface area contributed by atoms with E-state index in [-0.39, 0.29) is 11.8 Å². The van der Waals surface area contributed by atoms with E-state index in [2.05, 4.69) is 25.4 Å². The Morgan fingerprint density at radius 2 is 2.04 bits per heavy atom. The number of benzene rings is 1. The first-order chi connectivity index (χ1) is 13.1. The van der Waals surface area contributed by atoms with Crippen molar-refractivity contribution < 1.29 is 4.79 Å². The van der Waals surface area contributed by atoms with Crippen LogP contribution in [0, 0.1) is 0 Å². The van der Waals surface area contributed by atoms with Gasteiger partial charge in [-0.15, -0.1) is 11.3 Å². The Labute approximate surface area is 160 Å². The average Bonchev–Trinajstić information content (AvgIpc) is 3.35. The number of fused-ring (bicyclic) bond motifs is 1. The van der Waals surface area contributed by atoms with Crippen molar-refractivity contribution in [3.63, 3.8) is 0 Å². The number of hydrogen-bond acceptors (Lipinski definition) is 6. The number of carbonyl (C=O) groups excluding carboxylic acids is 1. The number of amides is 1. The molecule has 1 aromatic carbocycles. The fourth-order valence-corrected chi connectivity index (χ4v) is 3.55. The van der Waals surface area contributed by atoms with Crippen LogP contribution in [0.3, 0.4) is 0 Å². The van der Waals surface area contributed by atoms with Crippen molar-refractivity contribution in [2.24, 2.45) is 0 Å². The van der Waals surface area contributed by atoms with E-state index in [1.807, 2.05) is 49.6 Å². The number of rotatable bonds is 5.